The van der Waals surface area contributed by atoms with Crippen molar-refractivity contribution in [2.24, 2.45) is 10.7 Å². The molecule has 1 unspecified atom stereocenters. The SMILES string of the molecule is C=CCCCCCCCCCCC1=NC=C[N+]1(CCN)CC(=O)O. The highest BCUT2D eigenvalue weighted by atomic mass is 16.4. The molecule has 0 spiro atoms. The zero-order chi connectivity index (χ0) is 17.7. The minimum absolute atomic E-state index is 0.0389. The number of hydrogen-bond acceptors (Lipinski definition) is 3. The molecule has 136 valence electrons. The second kappa shape index (κ2) is 12.0. The summed E-state index contributed by atoms with van der Waals surface area (Å²) >= 11 is 0. The third-order valence-electron chi connectivity index (χ3n) is 4.59. The summed E-state index contributed by atoms with van der Waals surface area (Å²) < 4.78 is 0.301. The summed E-state index contributed by atoms with van der Waals surface area (Å²) in [6.45, 7) is 4.85. The number of hydrogen-bond donors (Lipinski definition) is 2. The Balaban J connectivity index is 2.19. The fourth-order valence-corrected chi connectivity index (χ4v) is 3.27. The first kappa shape index (κ1) is 20.6. The lowest BCUT2D eigenvalue weighted by molar-refractivity contribution is -0.778. The van der Waals surface area contributed by atoms with E-state index in [1.807, 2.05) is 12.3 Å². The van der Waals surface area contributed by atoms with Crippen LogP contribution in [0.15, 0.2) is 30.0 Å². The van der Waals surface area contributed by atoms with Gasteiger partial charge < -0.3 is 10.8 Å². The summed E-state index contributed by atoms with van der Waals surface area (Å²) in [5.41, 5.74) is 5.68. The molecular weight excluding hydrogens is 302 g/mol. The lowest BCUT2D eigenvalue weighted by atomic mass is 10.1. The number of aliphatic carboxylic acids is 1. The fraction of sp³-hybridized carbons (Fsp3) is 0.684. The lowest BCUT2D eigenvalue weighted by Gasteiger charge is -2.30. The molecule has 1 aliphatic heterocycles. The van der Waals surface area contributed by atoms with E-state index in [1.165, 1.54) is 44.9 Å². The van der Waals surface area contributed by atoms with Gasteiger partial charge in [0.15, 0.2) is 6.54 Å². The largest absolute Gasteiger partial charge is 0.477 e. The molecule has 0 aromatic rings. The molecular formula is C19H34N3O2+. The van der Waals surface area contributed by atoms with Crippen molar-refractivity contribution in [1.29, 1.82) is 0 Å². The Bertz CT molecular complexity index is 446. The highest BCUT2D eigenvalue weighted by Crippen LogP contribution is 2.21. The van der Waals surface area contributed by atoms with E-state index in [0.29, 0.717) is 17.6 Å². The molecule has 24 heavy (non-hydrogen) atoms. The molecule has 1 aliphatic rings. The maximum atomic E-state index is 11.2. The van der Waals surface area contributed by atoms with Gasteiger partial charge in [-0.3, -0.25) is 0 Å². The van der Waals surface area contributed by atoms with E-state index in [2.05, 4.69) is 11.6 Å². The van der Waals surface area contributed by atoms with Gasteiger partial charge in [0.05, 0.1) is 6.20 Å². The molecule has 0 aromatic carbocycles. The minimum Gasteiger partial charge on any atom is -0.477 e. The monoisotopic (exact) mass is 336 g/mol. The fourth-order valence-electron chi connectivity index (χ4n) is 3.27. The molecule has 3 N–H and O–H groups in total. The van der Waals surface area contributed by atoms with Crippen molar-refractivity contribution >= 4 is 11.8 Å². The molecule has 1 heterocycles. The van der Waals surface area contributed by atoms with Crippen LogP contribution in [0.3, 0.4) is 0 Å². The first-order chi connectivity index (χ1) is 11.6. The van der Waals surface area contributed by atoms with Gasteiger partial charge in [-0.1, -0.05) is 44.6 Å². The number of rotatable bonds is 15. The number of carboxylic acids is 1. The standard InChI is InChI=1S/C19H33N3O2/c1-2-3-4-5-6-7-8-9-10-11-12-18-21-14-16-22(18,15-13-20)17-19(23)24/h2,14,16H,1,3-13,15,17,20H2/p+1. The summed E-state index contributed by atoms with van der Waals surface area (Å²) in [7, 11) is 0. The maximum absolute atomic E-state index is 11.2. The van der Waals surface area contributed by atoms with Crippen molar-refractivity contribution in [3.05, 3.63) is 25.1 Å². The van der Waals surface area contributed by atoms with Gasteiger partial charge in [-0.25, -0.2) is 14.3 Å². The summed E-state index contributed by atoms with van der Waals surface area (Å²) in [5, 5.41) is 9.18. The number of unbranched alkanes of at least 4 members (excludes halogenated alkanes) is 8. The predicted octanol–water partition coefficient (Wildman–Crippen LogP) is 3.82. The maximum Gasteiger partial charge on any atom is 0.360 e. The Morgan fingerprint density at radius 1 is 1.17 bits per heavy atom. The van der Waals surface area contributed by atoms with Crippen molar-refractivity contribution in [2.45, 2.75) is 64.2 Å². The molecule has 0 amide bonds. The van der Waals surface area contributed by atoms with Crippen LogP contribution in [0.5, 0.6) is 0 Å². The van der Waals surface area contributed by atoms with E-state index in [0.717, 1.165) is 25.1 Å². The van der Waals surface area contributed by atoms with Gasteiger partial charge in [0, 0.05) is 13.0 Å². The van der Waals surface area contributed by atoms with Gasteiger partial charge in [-0.15, -0.1) is 6.58 Å². The molecule has 0 radical (unpaired) electrons. The minimum atomic E-state index is -0.806. The van der Waals surface area contributed by atoms with Crippen LogP contribution in [0.2, 0.25) is 0 Å². The first-order valence-corrected chi connectivity index (χ1v) is 9.29. The summed E-state index contributed by atoms with van der Waals surface area (Å²) in [6, 6.07) is 0. The second-order valence-corrected chi connectivity index (χ2v) is 6.60. The summed E-state index contributed by atoms with van der Waals surface area (Å²) in [6.07, 6.45) is 17.6. The molecule has 0 saturated carbocycles. The van der Waals surface area contributed by atoms with Crippen molar-refractivity contribution in [2.75, 3.05) is 19.6 Å². The number of nitrogens with two attached hydrogens (primary N) is 1. The van der Waals surface area contributed by atoms with Crippen LogP contribution in [0, 0.1) is 0 Å². The normalized spacial score (nSPS) is 19.5. The molecule has 0 saturated heterocycles. The highest BCUT2D eigenvalue weighted by molar-refractivity contribution is 5.81. The van der Waals surface area contributed by atoms with Gasteiger partial charge in [-0.2, -0.15) is 0 Å². The number of nitrogens with zero attached hydrogens (tertiary/aromatic N) is 2. The second-order valence-electron chi connectivity index (χ2n) is 6.60. The topological polar surface area (TPSA) is 75.7 Å². The number of aliphatic imine (C=N–C) groups is 1. The molecule has 0 aliphatic carbocycles. The summed E-state index contributed by atoms with van der Waals surface area (Å²) in [4.78, 5) is 15.6. The molecule has 5 nitrogen and oxygen atoms in total. The Labute approximate surface area is 146 Å². The zero-order valence-electron chi connectivity index (χ0n) is 15.0. The van der Waals surface area contributed by atoms with E-state index >= 15 is 0 Å². The van der Waals surface area contributed by atoms with Gasteiger partial charge in [0.25, 0.3) is 0 Å². The van der Waals surface area contributed by atoms with Gasteiger partial charge in [-0.05, 0) is 19.3 Å². The average Bonchev–Trinajstić information content (AvgIpc) is 2.91. The Morgan fingerprint density at radius 3 is 2.38 bits per heavy atom. The summed E-state index contributed by atoms with van der Waals surface area (Å²) in [5.74, 6) is 0.145. The van der Waals surface area contributed by atoms with E-state index < -0.39 is 5.97 Å². The van der Waals surface area contributed by atoms with Crippen molar-refractivity contribution in [1.82, 2.24) is 0 Å². The van der Waals surface area contributed by atoms with Gasteiger partial charge in [0.1, 0.15) is 12.7 Å². The van der Waals surface area contributed by atoms with Crippen molar-refractivity contribution < 1.29 is 14.4 Å². The Kier molecular flexibility index (Phi) is 10.3. The Morgan fingerprint density at radius 2 is 1.79 bits per heavy atom. The third kappa shape index (κ3) is 7.41. The van der Waals surface area contributed by atoms with Crippen LogP contribution in [-0.4, -0.2) is 41.0 Å². The first-order valence-electron chi connectivity index (χ1n) is 9.29. The number of quaternary nitrogens is 1. The van der Waals surface area contributed by atoms with Crippen LogP contribution in [-0.2, 0) is 4.79 Å². The van der Waals surface area contributed by atoms with Crippen LogP contribution in [0.25, 0.3) is 0 Å². The van der Waals surface area contributed by atoms with Crippen LogP contribution in [0.1, 0.15) is 64.2 Å². The van der Waals surface area contributed by atoms with Crippen LogP contribution < -0.4 is 5.73 Å². The number of allylic oxidation sites excluding steroid dienone is 1. The third-order valence-corrected chi connectivity index (χ3v) is 4.59. The smallest absolute Gasteiger partial charge is 0.360 e. The molecule has 5 heteroatoms. The van der Waals surface area contributed by atoms with Crippen molar-refractivity contribution in [3.8, 4) is 0 Å². The van der Waals surface area contributed by atoms with Gasteiger partial charge in [0.2, 0.25) is 5.84 Å². The predicted molar refractivity (Wildman–Crippen MR) is 99.6 cm³/mol. The lowest BCUT2D eigenvalue weighted by Crippen LogP contribution is -2.52. The Hall–Kier alpha value is -1.46. The van der Waals surface area contributed by atoms with E-state index in [1.54, 1.807) is 6.20 Å². The quantitative estimate of drug-likeness (QED) is 0.271. The molecule has 1 rings (SSSR count). The highest BCUT2D eigenvalue weighted by Gasteiger charge is 2.36. The zero-order valence-corrected chi connectivity index (χ0v) is 15.0. The average molecular weight is 337 g/mol. The van der Waals surface area contributed by atoms with Gasteiger partial charge >= 0.3 is 5.97 Å². The number of carbonyl (C=O) groups is 1. The molecule has 1 atom stereocenters. The van der Waals surface area contributed by atoms with Crippen molar-refractivity contribution in [3.63, 3.8) is 0 Å². The molecule has 0 fully saturated rings. The van der Waals surface area contributed by atoms with E-state index in [4.69, 9.17) is 5.73 Å². The molecule has 0 bridgehead atoms. The van der Waals surface area contributed by atoms with Crippen LogP contribution >= 0.6 is 0 Å². The number of carboxylic acid groups (broad SMARTS) is 1. The van der Waals surface area contributed by atoms with Crippen LogP contribution in [0.4, 0.5) is 0 Å². The number of amidine groups is 1. The molecule has 0 aromatic heterocycles. The van der Waals surface area contributed by atoms with E-state index in [-0.39, 0.29) is 6.54 Å². The van der Waals surface area contributed by atoms with E-state index in [9.17, 15) is 9.90 Å².